The molecule has 7 heteroatoms. The first kappa shape index (κ1) is 13.9. The Balaban J connectivity index is 1.75. The Morgan fingerprint density at radius 2 is 2.29 bits per heavy atom. The maximum atomic E-state index is 10.8. The fourth-order valence-electron chi connectivity index (χ4n) is 1.91. The molecule has 0 N–H and O–H groups in total. The lowest BCUT2D eigenvalue weighted by atomic mass is 10.2. The molecule has 0 aliphatic heterocycles. The van der Waals surface area contributed by atoms with E-state index in [0.29, 0.717) is 46.0 Å². The second kappa shape index (κ2) is 5.73. The van der Waals surface area contributed by atoms with Gasteiger partial charge in [-0.3, -0.25) is 4.79 Å². The van der Waals surface area contributed by atoms with Crippen LogP contribution in [0.5, 0.6) is 11.5 Å². The van der Waals surface area contributed by atoms with Crippen molar-refractivity contribution in [2.75, 3.05) is 7.11 Å². The Kier molecular flexibility index (Phi) is 3.79. The van der Waals surface area contributed by atoms with Gasteiger partial charge in [0.05, 0.1) is 12.1 Å². The van der Waals surface area contributed by atoms with Crippen molar-refractivity contribution in [3.05, 3.63) is 34.4 Å². The van der Waals surface area contributed by atoms with Crippen molar-refractivity contribution >= 4 is 17.9 Å². The van der Waals surface area contributed by atoms with Gasteiger partial charge in [-0.05, 0) is 25.0 Å². The molecule has 0 bridgehead atoms. The normalized spacial score (nSPS) is 14.0. The standard InChI is InChI=1S/C14H13ClN2O4/c1-19-11-5-8(6-18)4-10(15)13(11)20-7-12-16-14(21-17-12)9-2-3-9/h4-6,9H,2-3,7H2,1H3. The van der Waals surface area contributed by atoms with Gasteiger partial charge in [-0.2, -0.15) is 4.98 Å². The van der Waals surface area contributed by atoms with E-state index >= 15 is 0 Å². The zero-order chi connectivity index (χ0) is 14.8. The smallest absolute Gasteiger partial charge is 0.229 e. The summed E-state index contributed by atoms with van der Waals surface area (Å²) in [5.41, 5.74) is 0.416. The van der Waals surface area contributed by atoms with Crippen molar-refractivity contribution in [3.63, 3.8) is 0 Å². The molecule has 1 aromatic heterocycles. The Labute approximate surface area is 126 Å². The van der Waals surface area contributed by atoms with E-state index in [1.54, 1.807) is 6.07 Å². The number of hydrogen-bond donors (Lipinski definition) is 0. The molecule has 1 saturated carbocycles. The van der Waals surface area contributed by atoms with E-state index in [1.807, 2.05) is 0 Å². The monoisotopic (exact) mass is 308 g/mol. The maximum Gasteiger partial charge on any atom is 0.229 e. The first-order chi connectivity index (χ1) is 10.2. The molecule has 1 aromatic carbocycles. The SMILES string of the molecule is COc1cc(C=O)cc(Cl)c1OCc1noc(C2CC2)n1. The van der Waals surface area contributed by atoms with Gasteiger partial charge < -0.3 is 14.0 Å². The quantitative estimate of drug-likeness (QED) is 0.764. The van der Waals surface area contributed by atoms with Crippen LogP contribution >= 0.6 is 11.6 Å². The number of carbonyl (C=O) groups is 1. The Morgan fingerprint density at radius 1 is 1.48 bits per heavy atom. The van der Waals surface area contributed by atoms with Crippen molar-refractivity contribution in [3.8, 4) is 11.5 Å². The van der Waals surface area contributed by atoms with E-state index in [9.17, 15) is 4.79 Å². The zero-order valence-electron chi connectivity index (χ0n) is 11.3. The molecule has 0 spiro atoms. The molecule has 0 amide bonds. The predicted molar refractivity (Wildman–Crippen MR) is 74.0 cm³/mol. The van der Waals surface area contributed by atoms with E-state index in [0.717, 1.165) is 12.8 Å². The number of hydrogen-bond acceptors (Lipinski definition) is 6. The number of benzene rings is 1. The average molecular weight is 309 g/mol. The van der Waals surface area contributed by atoms with Gasteiger partial charge in [0.1, 0.15) is 6.29 Å². The molecule has 1 fully saturated rings. The van der Waals surface area contributed by atoms with Crippen molar-refractivity contribution in [1.29, 1.82) is 0 Å². The maximum absolute atomic E-state index is 10.8. The lowest BCUT2D eigenvalue weighted by molar-refractivity contribution is 0.112. The van der Waals surface area contributed by atoms with Crippen LogP contribution in [0.1, 0.15) is 40.8 Å². The zero-order valence-corrected chi connectivity index (χ0v) is 12.1. The van der Waals surface area contributed by atoms with Gasteiger partial charge in [0, 0.05) is 11.5 Å². The van der Waals surface area contributed by atoms with Crippen molar-refractivity contribution in [2.45, 2.75) is 25.4 Å². The molecular formula is C14H13ClN2O4. The molecule has 0 radical (unpaired) electrons. The number of methoxy groups -OCH3 is 1. The molecule has 21 heavy (non-hydrogen) atoms. The summed E-state index contributed by atoms with van der Waals surface area (Å²) in [6, 6.07) is 3.07. The van der Waals surface area contributed by atoms with Crippen LogP contribution in [0.2, 0.25) is 5.02 Å². The van der Waals surface area contributed by atoms with Gasteiger partial charge in [0.2, 0.25) is 11.7 Å². The minimum Gasteiger partial charge on any atom is -0.493 e. The molecule has 0 saturated heterocycles. The largest absolute Gasteiger partial charge is 0.493 e. The molecule has 0 unspecified atom stereocenters. The van der Waals surface area contributed by atoms with E-state index in [2.05, 4.69) is 10.1 Å². The summed E-state index contributed by atoms with van der Waals surface area (Å²) < 4.78 is 15.9. The molecule has 2 aromatic rings. The highest BCUT2D eigenvalue weighted by Gasteiger charge is 2.29. The van der Waals surface area contributed by atoms with Gasteiger partial charge in [-0.15, -0.1) is 0 Å². The highest BCUT2D eigenvalue weighted by Crippen LogP contribution is 2.39. The van der Waals surface area contributed by atoms with Crippen LogP contribution < -0.4 is 9.47 Å². The fraction of sp³-hybridized carbons (Fsp3) is 0.357. The number of rotatable bonds is 6. The third-order valence-corrected chi connectivity index (χ3v) is 3.42. The second-order valence-electron chi connectivity index (χ2n) is 4.76. The number of carbonyl (C=O) groups excluding carboxylic acids is 1. The van der Waals surface area contributed by atoms with Crippen LogP contribution in [-0.4, -0.2) is 23.5 Å². The molecule has 0 atom stereocenters. The summed E-state index contributed by atoms with van der Waals surface area (Å²) in [4.78, 5) is 15.1. The molecule has 1 heterocycles. The van der Waals surface area contributed by atoms with Gasteiger partial charge in [0.15, 0.2) is 18.1 Å². The first-order valence-corrected chi connectivity index (χ1v) is 6.87. The van der Waals surface area contributed by atoms with Crippen molar-refractivity contribution in [2.24, 2.45) is 0 Å². The van der Waals surface area contributed by atoms with Gasteiger partial charge in [0.25, 0.3) is 0 Å². The summed E-state index contributed by atoms with van der Waals surface area (Å²) in [6.45, 7) is 0.118. The Morgan fingerprint density at radius 3 is 2.95 bits per heavy atom. The first-order valence-electron chi connectivity index (χ1n) is 6.49. The lowest BCUT2D eigenvalue weighted by Gasteiger charge is -2.11. The number of aldehydes is 1. The highest BCUT2D eigenvalue weighted by molar-refractivity contribution is 6.32. The molecule has 1 aliphatic carbocycles. The average Bonchev–Trinajstić information content (AvgIpc) is 3.24. The number of halogens is 1. The van der Waals surface area contributed by atoms with E-state index in [4.69, 9.17) is 25.6 Å². The van der Waals surface area contributed by atoms with Crippen LogP contribution in [0.4, 0.5) is 0 Å². The second-order valence-corrected chi connectivity index (χ2v) is 5.17. The Bertz CT molecular complexity index is 667. The van der Waals surface area contributed by atoms with E-state index in [-0.39, 0.29) is 6.61 Å². The molecule has 3 rings (SSSR count). The number of aromatic nitrogens is 2. The van der Waals surface area contributed by atoms with Crippen LogP contribution in [-0.2, 0) is 6.61 Å². The number of nitrogens with zero attached hydrogens (tertiary/aromatic N) is 2. The van der Waals surface area contributed by atoms with Crippen LogP contribution in [0.25, 0.3) is 0 Å². The lowest BCUT2D eigenvalue weighted by Crippen LogP contribution is -2.01. The van der Waals surface area contributed by atoms with Crippen LogP contribution in [0.15, 0.2) is 16.7 Å². The van der Waals surface area contributed by atoms with Crippen molar-refractivity contribution < 1.29 is 18.8 Å². The van der Waals surface area contributed by atoms with Crippen LogP contribution in [0.3, 0.4) is 0 Å². The molecular weight excluding hydrogens is 296 g/mol. The van der Waals surface area contributed by atoms with Crippen molar-refractivity contribution in [1.82, 2.24) is 10.1 Å². The summed E-state index contributed by atoms with van der Waals surface area (Å²) in [5, 5.41) is 4.15. The summed E-state index contributed by atoms with van der Waals surface area (Å²) in [5.74, 6) is 2.24. The summed E-state index contributed by atoms with van der Waals surface area (Å²) in [6.07, 6.45) is 2.88. The third-order valence-electron chi connectivity index (χ3n) is 3.14. The molecule has 110 valence electrons. The Hall–Kier alpha value is -2.08. The summed E-state index contributed by atoms with van der Waals surface area (Å²) in [7, 11) is 1.48. The number of ether oxygens (including phenoxy) is 2. The minimum absolute atomic E-state index is 0.118. The third kappa shape index (κ3) is 3.00. The summed E-state index contributed by atoms with van der Waals surface area (Å²) >= 11 is 6.10. The predicted octanol–water partition coefficient (Wildman–Crippen LogP) is 3.00. The molecule has 1 aliphatic rings. The van der Waals surface area contributed by atoms with Gasteiger partial charge in [-0.1, -0.05) is 16.8 Å². The van der Waals surface area contributed by atoms with E-state index in [1.165, 1.54) is 13.2 Å². The van der Waals surface area contributed by atoms with Gasteiger partial charge in [-0.25, -0.2) is 0 Å². The van der Waals surface area contributed by atoms with Crippen LogP contribution in [0, 0.1) is 0 Å². The molecule has 6 nitrogen and oxygen atoms in total. The van der Waals surface area contributed by atoms with Gasteiger partial charge >= 0.3 is 0 Å². The van der Waals surface area contributed by atoms with E-state index < -0.39 is 0 Å². The fourth-order valence-corrected chi connectivity index (χ4v) is 2.18. The highest BCUT2D eigenvalue weighted by atomic mass is 35.5. The minimum atomic E-state index is 0.118. The topological polar surface area (TPSA) is 74.5 Å².